The minimum Gasteiger partial charge on any atom is -0.872 e. The van der Waals surface area contributed by atoms with E-state index in [1.165, 1.54) is 3.57 Å². The standard InChI is InChI=1S/C10H7IO.Na/c11-9-3-1-8-6-10(12)4-2-7(8)5-9;/h1-6,12H;/q;+1/p-1. The molecule has 0 unspecified atom stereocenters. The Labute approximate surface area is 113 Å². The van der Waals surface area contributed by atoms with Gasteiger partial charge in [-0.15, -0.1) is 5.75 Å². The summed E-state index contributed by atoms with van der Waals surface area (Å²) in [5.74, 6) is 0.0729. The van der Waals surface area contributed by atoms with E-state index in [1.54, 1.807) is 12.1 Å². The van der Waals surface area contributed by atoms with E-state index in [4.69, 9.17) is 0 Å². The van der Waals surface area contributed by atoms with Crippen LogP contribution in [0.5, 0.6) is 5.75 Å². The van der Waals surface area contributed by atoms with Crippen molar-refractivity contribution in [3.63, 3.8) is 0 Å². The molecule has 0 atom stereocenters. The van der Waals surface area contributed by atoms with Crippen LogP contribution in [-0.4, -0.2) is 0 Å². The zero-order valence-electron chi connectivity index (χ0n) is 7.25. The van der Waals surface area contributed by atoms with Crippen LogP contribution >= 0.6 is 22.6 Å². The van der Waals surface area contributed by atoms with Crippen LogP contribution in [0, 0.1) is 3.57 Å². The summed E-state index contributed by atoms with van der Waals surface area (Å²) in [4.78, 5) is 0. The summed E-state index contributed by atoms with van der Waals surface area (Å²) in [7, 11) is 0. The molecule has 0 saturated heterocycles. The average molecular weight is 292 g/mol. The molecule has 60 valence electrons. The molecule has 0 aliphatic heterocycles. The minimum absolute atomic E-state index is 0. The van der Waals surface area contributed by atoms with E-state index in [0.29, 0.717) is 0 Å². The monoisotopic (exact) mass is 292 g/mol. The first kappa shape index (κ1) is 11.3. The fourth-order valence-corrected chi connectivity index (χ4v) is 1.71. The second-order valence-corrected chi connectivity index (χ2v) is 3.90. The van der Waals surface area contributed by atoms with Crippen molar-refractivity contribution in [1.82, 2.24) is 0 Å². The predicted molar refractivity (Wildman–Crippen MR) is 56.1 cm³/mol. The summed E-state index contributed by atoms with van der Waals surface area (Å²) in [6, 6.07) is 11.2. The van der Waals surface area contributed by atoms with Gasteiger partial charge in [0.1, 0.15) is 0 Å². The smallest absolute Gasteiger partial charge is 0.872 e. The molecule has 0 bridgehead atoms. The van der Waals surface area contributed by atoms with E-state index in [0.717, 1.165) is 10.8 Å². The average Bonchev–Trinajstić information content (AvgIpc) is 2.05. The van der Waals surface area contributed by atoms with Crippen molar-refractivity contribution >= 4 is 33.4 Å². The van der Waals surface area contributed by atoms with Crippen LogP contribution in [0.1, 0.15) is 0 Å². The topological polar surface area (TPSA) is 23.1 Å². The molecule has 0 aromatic heterocycles. The van der Waals surface area contributed by atoms with E-state index in [9.17, 15) is 5.11 Å². The summed E-state index contributed by atoms with van der Waals surface area (Å²) < 4.78 is 1.19. The minimum atomic E-state index is 0. The van der Waals surface area contributed by atoms with Gasteiger partial charge in [-0.3, -0.25) is 0 Å². The van der Waals surface area contributed by atoms with Crippen LogP contribution in [0.3, 0.4) is 0 Å². The fraction of sp³-hybridized carbons (Fsp3) is 0. The second-order valence-electron chi connectivity index (χ2n) is 2.65. The SMILES string of the molecule is [Na+].[O-]c1ccc2cc(I)ccc2c1. The quantitative estimate of drug-likeness (QED) is 0.475. The molecule has 0 radical (unpaired) electrons. The van der Waals surface area contributed by atoms with Crippen LogP contribution in [0.4, 0.5) is 0 Å². The van der Waals surface area contributed by atoms with Crippen LogP contribution in [0.15, 0.2) is 36.4 Å². The summed E-state index contributed by atoms with van der Waals surface area (Å²) >= 11 is 2.26. The number of fused-ring (bicyclic) bond motifs is 1. The van der Waals surface area contributed by atoms with Crippen molar-refractivity contribution < 1.29 is 34.7 Å². The van der Waals surface area contributed by atoms with E-state index in [-0.39, 0.29) is 35.3 Å². The van der Waals surface area contributed by atoms with Crippen molar-refractivity contribution in [3.8, 4) is 5.75 Å². The van der Waals surface area contributed by atoms with Gasteiger partial charge in [0.15, 0.2) is 0 Å². The summed E-state index contributed by atoms with van der Waals surface area (Å²) in [6.45, 7) is 0. The van der Waals surface area contributed by atoms with Crippen LogP contribution in [0.2, 0.25) is 0 Å². The maximum Gasteiger partial charge on any atom is 1.00 e. The molecule has 0 aliphatic carbocycles. The normalized spacial score (nSPS) is 9.62. The van der Waals surface area contributed by atoms with Crippen molar-refractivity contribution in [2.75, 3.05) is 0 Å². The van der Waals surface area contributed by atoms with Gasteiger partial charge in [-0.1, -0.05) is 24.3 Å². The molecular formula is C10H6INaO. The molecule has 0 saturated carbocycles. The van der Waals surface area contributed by atoms with Crippen LogP contribution < -0.4 is 34.7 Å². The predicted octanol–water partition coefficient (Wildman–Crippen LogP) is -0.478. The Hall–Kier alpha value is 0.230. The molecule has 0 fully saturated rings. The molecule has 0 N–H and O–H groups in total. The number of hydrogen-bond donors (Lipinski definition) is 0. The molecule has 0 heterocycles. The van der Waals surface area contributed by atoms with Gasteiger partial charge in [-0.05, 0) is 45.5 Å². The summed E-state index contributed by atoms with van der Waals surface area (Å²) in [5, 5.41) is 13.1. The van der Waals surface area contributed by atoms with Crippen molar-refractivity contribution in [3.05, 3.63) is 40.0 Å². The maximum absolute atomic E-state index is 11.0. The molecule has 0 aliphatic rings. The number of halogens is 1. The Morgan fingerprint density at radius 2 is 1.54 bits per heavy atom. The molecule has 2 aromatic rings. The van der Waals surface area contributed by atoms with Gasteiger partial charge >= 0.3 is 29.6 Å². The molecule has 1 nitrogen and oxygen atoms in total. The fourth-order valence-electron chi connectivity index (χ4n) is 1.19. The molecule has 2 rings (SSSR count). The van der Waals surface area contributed by atoms with Gasteiger partial charge in [0.05, 0.1) is 0 Å². The van der Waals surface area contributed by atoms with E-state index in [1.807, 2.05) is 18.2 Å². The van der Waals surface area contributed by atoms with Crippen LogP contribution in [-0.2, 0) is 0 Å². The molecule has 2 aromatic carbocycles. The van der Waals surface area contributed by atoms with E-state index >= 15 is 0 Å². The summed E-state index contributed by atoms with van der Waals surface area (Å²) in [5.41, 5.74) is 0. The molecule has 13 heavy (non-hydrogen) atoms. The third kappa shape index (κ3) is 2.59. The van der Waals surface area contributed by atoms with Gasteiger partial charge in [-0.25, -0.2) is 0 Å². The van der Waals surface area contributed by atoms with Gasteiger partial charge in [-0.2, -0.15) is 0 Å². The number of rotatable bonds is 0. The third-order valence-electron chi connectivity index (χ3n) is 1.77. The Morgan fingerprint density at radius 1 is 0.923 bits per heavy atom. The van der Waals surface area contributed by atoms with Gasteiger partial charge in [0.25, 0.3) is 0 Å². The van der Waals surface area contributed by atoms with Gasteiger partial charge in [0.2, 0.25) is 0 Å². The zero-order chi connectivity index (χ0) is 8.55. The van der Waals surface area contributed by atoms with E-state index < -0.39 is 0 Å². The first-order valence-electron chi connectivity index (χ1n) is 3.62. The summed E-state index contributed by atoms with van der Waals surface area (Å²) in [6.07, 6.45) is 0. The first-order valence-corrected chi connectivity index (χ1v) is 4.70. The van der Waals surface area contributed by atoms with E-state index in [2.05, 4.69) is 28.7 Å². The first-order chi connectivity index (χ1) is 5.75. The second kappa shape index (κ2) is 4.64. The Kier molecular flexibility index (Phi) is 4.04. The van der Waals surface area contributed by atoms with Gasteiger partial charge < -0.3 is 5.11 Å². The number of benzene rings is 2. The molecule has 0 amide bonds. The third-order valence-corrected chi connectivity index (χ3v) is 2.44. The Morgan fingerprint density at radius 3 is 2.31 bits per heavy atom. The van der Waals surface area contributed by atoms with Crippen molar-refractivity contribution in [2.45, 2.75) is 0 Å². The number of hydrogen-bond acceptors (Lipinski definition) is 1. The Bertz CT molecular complexity index is 387. The van der Waals surface area contributed by atoms with Crippen LogP contribution in [0.25, 0.3) is 10.8 Å². The largest absolute Gasteiger partial charge is 1.00 e. The molecular weight excluding hydrogens is 286 g/mol. The molecule has 0 spiro atoms. The van der Waals surface area contributed by atoms with Crippen molar-refractivity contribution in [2.24, 2.45) is 0 Å². The maximum atomic E-state index is 11.0. The Balaban J connectivity index is 0.000000845. The molecule has 3 heteroatoms. The van der Waals surface area contributed by atoms with Crippen molar-refractivity contribution in [1.29, 1.82) is 0 Å². The zero-order valence-corrected chi connectivity index (χ0v) is 11.4. The van der Waals surface area contributed by atoms with Gasteiger partial charge in [0, 0.05) is 3.57 Å².